The lowest BCUT2D eigenvalue weighted by Crippen LogP contribution is -3.13. The number of piperazine rings is 1. The lowest BCUT2D eigenvalue weighted by Gasteiger charge is -2.32. The number of nitrogens with one attached hydrogen (secondary N) is 1. The molecular formula is C25H31N3OS+2. The van der Waals surface area contributed by atoms with Crippen molar-refractivity contribution in [1.82, 2.24) is 4.90 Å². The van der Waals surface area contributed by atoms with Gasteiger partial charge in [0.2, 0.25) is 0 Å². The van der Waals surface area contributed by atoms with Crippen LogP contribution < -0.4 is 10.2 Å². The highest BCUT2D eigenvalue weighted by Crippen LogP contribution is 2.22. The third-order valence-corrected chi connectivity index (χ3v) is 7.02. The quantitative estimate of drug-likeness (QED) is 0.598. The molecule has 1 atom stereocenters. The van der Waals surface area contributed by atoms with Crippen LogP contribution in [0.1, 0.15) is 27.6 Å². The largest absolute Gasteiger partial charge is 0.328 e. The number of carbonyl (C=O) groups is 1. The number of aryl methyl sites for hydroxylation is 1. The number of nitrogens with two attached hydrogens (primary N) is 1. The van der Waals surface area contributed by atoms with Gasteiger partial charge < -0.3 is 15.1 Å². The smallest absolute Gasteiger partial charge is 0.278 e. The van der Waals surface area contributed by atoms with Crippen LogP contribution in [-0.4, -0.2) is 43.5 Å². The Morgan fingerprint density at radius 1 is 1.03 bits per heavy atom. The van der Waals surface area contributed by atoms with Crippen LogP contribution in [0, 0.1) is 6.92 Å². The predicted molar refractivity (Wildman–Crippen MR) is 122 cm³/mol. The Kier molecular flexibility index (Phi) is 6.95. The molecule has 30 heavy (non-hydrogen) atoms. The fourth-order valence-electron chi connectivity index (χ4n) is 4.22. The van der Waals surface area contributed by atoms with Gasteiger partial charge in [-0.25, -0.2) is 0 Å². The van der Waals surface area contributed by atoms with Crippen molar-refractivity contribution in [3.8, 4) is 0 Å². The molecule has 1 aliphatic rings. The van der Waals surface area contributed by atoms with Crippen molar-refractivity contribution in [3.05, 3.63) is 93.7 Å². The number of rotatable bonds is 7. The summed E-state index contributed by atoms with van der Waals surface area (Å²) in [4.78, 5) is 17.8. The molecule has 0 aliphatic carbocycles. The molecule has 3 aromatic rings. The first-order valence-corrected chi connectivity index (χ1v) is 11.7. The van der Waals surface area contributed by atoms with E-state index in [1.54, 1.807) is 16.2 Å². The molecule has 0 spiro atoms. The predicted octanol–water partition coefficient (Wildman–Crippen LogP) is 1.64. The number of amides is 1. The Balaban J connectivity index is 1.30. The van der Waals surface area contributed by atoms with E-state index < -0.39 is 0 Å². The summed E-state index contributed by atoms with van der Waals surface area (Å²) in [6, 6.07) is 23.5. The van der Waals surface area contributed by atoms with Crippen LogP contribution in [0.2, 0.25) is 0 Å². The Labute approximate surface area is 183 Å². The molecule has 1 aromatic heterocycles. The summed E-state index contributed by atoms with van der Waals surface area (Å²) >= 11 is 1.76. The molecule has 4 rings (SSSR count). The minimum atomic E-state index is 0.183. The fourth-order valence-corrected chi connectivity index (χ4v) is 5.07. The van der Waals surface area contributed by atoms with E-state index in [9.17, 15) is 4.79 Å². The zero-order valence-corrected chi connectivity index (χ0v) is 18.4. The van der Waals surface area contributed by atoms with E-state index in [-0.39, 0.29) is 11.9 Å². The van der Waals surface area contributed by atoms with Crippen LogP contribution >= 0.6 is 11.3 Å². The van der Waals surface area contributed by atoms with Crippen molar-refractivity contribution in [3.63, 3.8) is 0 Å². The Morgan fingerprint density at radius 2 is 1.77 bits per heavy atom. The number of hydrogen-bond acceptors (Lipinski definition) is 2. The Morgan fingerprint density at radius 3 is 2.47 bits per heavy atom. The molecule has 2 heterocycles. The topological polar surface area (TPSA) is 41.4 Å². The van der Waals surface area contributed by atoms with Gasteiger partial charge in [0.25, 0.3) is 5.91 Å². The molecule has 0 saturated carbocycles. The van der Waals surface area contributed by atoms with E-state index in [0.717, 1.165) is 32.7 Å². The highest BCUT2D eigenvalue weighted by Gasteiger charge is 2.26. The molecule has 0 bridgehead atoms. The number of quaternary nitrogens is 2. The van der Waals surface area contributed by atoms with Crippen LogP contribution in [0.3, 0.4) is 0 Å². The number of thiophene rings is 1. The van der Waals surface area contributed by atoms with Crippen molar-refractivity contribution in [1.29, 1.82) is 0 Å². The first-order valence-electron chi connectivity index (χ1n) is 10.8. The van der Waals surface area contributed by atoms with Gasteiger partial charge in [0.1, 0.15) is 12.6 Å². The van der Waals surface area contributed by atoms with Gasteiger partial charge in [-0.05, 0) is 23.9 Å². The van der Waals surface area contributed by atoms with Crippen LogP contribution in [0.25, 0.3) is 0 Å². The fraction of sp³-hybridized carbons (Fsp3) is 0.320. The second kappa shape index (κ2) is 10.0. The van der Waals surface area contributed by atoms with Crippen LogP contribution in [0.4, 0.5) is 0 Å². The van der Waals surface area contributed by atoms with E-state index >= 15 is 0 Å². The molecule has 2 aromatic carbocycles. The molecule has 0 radical (unpaired) electrons. The summed E-state index contributed by atoms with van der Waals surface area (Å²) in [6.45, 7) is 7.47. The van der Waals surface area contributed by atoms with Gasteiger partial charge in [-0.15, -0.1) is 11.3 Å². The molecular weight excluding hydrogens is 390 g/mol. The van der Waals surface area contributed by atoms with E-state index in [0.29, 0.717) is 6.54 Å². The van der Waals surface area contributed by atoms with Gasteiger partial charge >= 0.3 is 0 Å². The van der Waals surface area contributed by atoms with E-state index in [1.165, 1.54) is 21.6 Å². The number of nitrogens with zero attached hydrogens (tertiary/aromatic N) is 1. The van der Waals surface area contributed by atoms with Crippen LogP contribution in [-0.2, 0) is 11.3 Å². The highest BCUT2D eigenvalue weighted by molar-refractivity contribution is 7.10. The first-order chi connectivity index (χ1) is 14.7. The maximum atomic E-state index is 12.9. The first kappa shape index (κ1) is 20.8. The van der Waals surface area contributed by atoms with Gasteiger partial charge in [-0.1, -0.05) is 60.7 Å². The minimum absolute atomic E-state index is 0.183. The van der Waals surface area contributed by atoms with Crippen molar-refractivity contribution < 1.29 is 15.0 Å². The van der Waals surface area contributed by atoms with Gasteiger partial charge in [-0.2, -0.15) is 0 Å². The lowest BCUT2D eigenvalue weighted by atomic mass is 10.1. The second-order valence-electron chi connectivity index (χ2n) is 8.08. The van der Waals surface area contributed by atoms with E-state index in [2.05, 4.69) is 78.3 Å². The Hall–Kier alpha value is -2.47. The van der Waals surface area contributed by atoms with Gasteiger partial charge in [0.15, 0.2) is 6.54 Å². The van der Waals surface area contributed by atoms with Gasteiger partial charge in [0.05, 0.1) is 31.1 Å². The third-order valence-electron chi connectivity index (χ3n) is 6.06. The highest BCUT2D eigenvalue weighted by atomic mass is 32.1. The van der Waals surface area contributed by atoms with E-state index in [1.807, 2.05) is 11.0 Å². The molecule has 3 N–H and O–H groups in total. The molecule has 0 unspecified atom stereocenters. The molecule has 1 amide bonds. The maximum Gasteiger partial charge on any atom is 0.278 e. The summed E-state index contributed by atoms with van der Waals surface area (Å²) in [5, 5.41) is 4.30. The Bertz CT molecular complexity index is 934. The normalized spacial score (nSPS) is 15.8. The van der Waals surface area contributed by atoms with Gasteiger partial charge in [0, 0.05) is 11.1 Å². The zero-order chi connectivity index (χ0) is 20.8. The molecule has 1 fully saturated rings. The van der Waals surface area contributed by atoms with Crippen molar-refractivity contribution in [2.75, 3.05) is 32.7 Å². The molecule has 156 valence electrons. The summed E-state index contributed by atoms with van der Waals surface area (Å²) in [6.07, 6.45) is 0. The monoisotopic (exact) mass is 421 g/mol. The standard InChI is InChI=1S/C25H29N3OS/c1-20-8-5-6-11-22(20)19-27-13-15-28(16-14-27)24(29)18-26-25(23-12-7-17-30-23)21-9-3-2-4-10-21/h2-12,17,25-26H,13-16,18-19H2,1H3/p+2/t25-/m0/s1. The molecule has 1 aliphatic heterocycles. The molecule has 5 heteroatoms. The zero-order valence-electron chi connectivity index (χ0n) is 17.6. The third kappa shape index (κ3) is 5.17. The summed E-state index contributed by atoms with van der Waals surface area (Å²) < 4.78 is 0. The summed E-state index contributed by atoms with van der Waals surface area (Å²) in [5.41, 5.74) is 4.03. The van der Waals surface area contributed by atoms with Crippen LogP contribution in [0.15, 0.2) is 72.1 Å². The van der Waals surface area contributed by atoms with Gasteiger partial charge in [-0.3, -0.25) is 4.79 Å². The number of hydrogen-bond donors (Lipinski definition) is 2. The maximum absolute atomic E-state index is 12.9. The molecule has 4 nitrogen and oxygen atoms in total. The van der Waals surface area contributed by atoms with Crippen LogP contribution in [0.5, 0.6) is 0 Å². The van der Waals surface area contributed by atoms with Crippen molar-refractivity contribution >= 4 is 17.2 Å². The van der Waals surface area contributed by atoms with Crippen molar-refractivity contribution in [2.45, 2.75) is 19.5 Å². The number of benzene rings is 2. The summed E-state index contributed by atoms with van der Waals surface area (Å²) in [7, 11) is 0. The van der Waals surface area contributed by atoms with Crippen molar-refractivity contribution in [2.24, 2.45) is 0 Å². The minimum Gasteiger partial charge on any atom is -0.328 e. The molecule has 1 saturated heterocycles. The second-order valence-corrected chi connectivity index (χ2v) is 9.06. The van der Waals surface area contributed by atoms with E-state index in [4.69, 9.17) is 0 Å². The summed E-state index contributed by atoms with van der Waals surface area (Å²) in [5.74, 6) is 0.252. The number of carbonyl (C=O) groups excluding carboxylic acids is 1. The average Bonchev–Trinajstić information content (AvgIpc) is 3.31. The average molecular weight is 422 g/mol. The SMILES string of the molecule is Cc1ccccc1C[NH+]1CCN(C(=O)C[NH2+][C@@H](c2ccccc2)c2cccs2)CC1. The lowest BCUT2D eigenvalue weighted by molar-refractivity contribution is -0.917.